The molecule has 0 aliphatic heterocycles. The van der Waals surface area contributed by atoms with E-state index in [-0.39, 0.29) is 16.2 Å². The van der Waals surface area contributed by atoms with Crippen molar-refractivity contribution >= 4 is 44.6 Å². The van der Waals surface area contributed by atoms with Gasteiger partial charge in [0.1, 0.15) is 4.21 Å². The van der Waals surface area contributed by atoms with E-state index in [1.54, 1.807) is 6.07 Å². The summed E-state index contributed by atoms with van der Waals surface area (Å²) in [6.45, 7) is 3.92. The molecule has 7 heteroatoms. The fraction of sp³-hybridized carbons (Fsp3) is 0.600. The summed E-state index contributed by atoms with van der Waals surface area (Å²) in [7, 11) is -3.48. The topological polar surface area (TPSA) is 46.2 Å². The SMILES string of the molecule is CC(C)C(CCCl)NS(=O)(=O)c1ccc(Cl)s1. The molecule has 1 unspecified atom stereocenters. The van der Waals surface area contributed by atoms with Gasteiger partial charge in [-0.1, -0.05) is 25.4 Å². The van der Waals surface area contributed by atoms with Crippen LogP contribution in [-0.4, -0.2) is 20.3 Å². The molecule has 0 aliphatic carbocycles. The van der Waals surface area contributed by atoms with Gasteiger partial charge in [-0.25, -0.2) is 13.1 Å². The third kappa shape index (κ3) is 4.41. The van der Waals surface area contributed by atoms with Crippen LogP contribution in [0.2, 0.25) is 4.34 Å². The highest BCUT2D eigenvalue weighted by Crippen LogP contribution is 2.26. The van der Waals surface area contributed by atoms with Crippen molar-refractivity contribution in [2.24, 2.45) is 5.92 Å². The van der Waals surface area contributed by atoms with Crippen LogP contribution in [0.15, 0.2) is 16.3 Å². The van der Waals surface area contributed by atoms with E-state index in [2.05, 4.69) is 4.72 Å². The van der Waals surface area contributed by atoms with Gasteiger partial charge in [0.2, 0.25) is 10.0 Å². The van der Waals surface area contributed by atoms with Gasteiger partial charge in [0, 0.05) is 11.9 Å². The number of nitrogens with one attached hydrogen (secondary N) is 1. The first-order valence-corrected chi connectivity index (χ1v) is 8.41. The maximum absolute atomic E-state index is 12.0. The second kappa shape index (κ2) is 6.38. The molecule has 0 saturated carbocycles. The molecule has 0 amide bonds. The van der Waals surface area contributed by atoms with Gasteiger partial charge in [-0.05, 0) is 24.5 Å². The van der Waals surface area contributed by atoms with Crippen molar-refractivity contribution in [2.75, 3.05) is 5.88 Å². The van der Waals surface area contributed by atoms with Gasteiger partial charge in [-0.2, -0.15) is 0 Å². The van der Waals surface area contributed by atoms with Crippen LogP contribution in [0.1, 0.15) is 20.3 Å². The Labute approximate surface area is 116 Å². The van der Waals surface area contributed by atoms with Crippen molar-refractivity contribution in [3.8, 4) is 0 Å². The Hall–Kier alpha value is 0.190. The lowest BCUT2D eigenvalue weighted by atomic mass is 10.0. The molecule has 1 aromatic rings. The summed E-state index contributed by atoms with van der Waals surface area (Å²) >= 11 is 12.4. The Bertz CT molecular complexity index is 457. The first-order valence-electron chi connectivity index (χ1n) is 5.20. The van der Waals surface area contributed by atoms with E-state index < -0.39 is 10.0 Å². The Morgan fingerprint density at radius 3 is 2.47 bits per heavy atom. The number of rotatable bonds is 6. The van der Waals surface area contributed by atoms with Crippen LogP contribution in [0.3, 0.4) is 0 Å². The monoisotopic (exact) mass is 315 g/mol. The van der Waals surface area contributed by atoms with Crippen LogP contribution in [0.25, 0.3) is 0 Å². The van der Waals surface area contributed by atoms with E-state index in [0.29, 0.717) is 16.6 Å². The maximum Gasteiger partial charge on any atom is 0.250 e. The van der Waals surface area contributed by atoms with Crippen molar-refractivity contribution < 1.29 is 8.42 Å². The van der Waals surface area contributed by atoms with E-state index in [0.717, 1.165) is 11.3 Å². The highest BCUT2D eigenvalue weighted by molar-refractivity contribution is 7.91. The lowest BCUT2D eigenvalue weighted by Crippen LogP contribution is -2.38. The molecule has 98 valence electrons. The lowest BCUT2D eigenvalue weighted by Gasteiger charge is -2.20. The number of thiophene rings is 1. The van der Waals surface area contributed by atoms with Crippen LogP contribution in [0.4, 0.5) is 0 Å². The molecule has 0 aromatic carbocycles. The minimum atomic E-state index is -3.48. The largest absolute Gasteiger partial charge is 0.250 e. The molecule has 0 aliphatic rings. The summed E-state index contributed by atoms with van der Waals surface area (Å²) in [6, 6.07) is 2.93. The molecule has 17 heavy (non-hydrogen) atoms. The Morgan fingerprint density at radius 2 is 2.06 bits per heavy atom. The quantitative estimate of drug-likeness (QED) is 0.818. The molecular weight excluding hydrogens is 301 g/mol. The minimum absolute atomic E-state index is 0.154. The number of halogens is 2. The van der Waals surface area contributed by atoms with Crippen molar-refractivity contribution in [1.29, 1.82) is 0 Å². The summed E-state index contributed by atoms with van der Waals surface area (Å²) < 4.78 is 27.4. The molecule has 0 fully saturated rings. The van der Waals surface area contributed by atoms with Gasteiger partial charge in [0.05, 0.1) is 4.34 Å². The third-order valence-corrected chi connectivity index (χ3v) is 5.78. The van der Waals surface area contributed by atoms with Crippen molar-refractivity contribution in [3.05, 3.63) is 16.5 Å². The number of alkyl halides is 1. The summed E-state index contributed by atoms with van der Waals surface area (Å²) in [4.78, 5) is 0. The molecule has 0 spiro atoms. The molecule has 1 heterocycles. The molecule has 0 bridgehead atoms. The number of hydrogen-bond acceptors (Lipinski definition) is 3. The first-order chi connectivity index (χ1) is 7.86. The molecule has 0 saturated heterocycles. The standard InChI is InChI=1S/C10H15Cl2NO2S2/c1-7(2)8(5-6-11)13-17(14,15)10-4-3-9(12)16-10/h3-4,7-8,13H,5-6H2,1-2H3. The van der Waals surface area contributed by atoms with Crippen LogP contribution in [0.5, 0.6) is 0 Å². The van der Waals surface area contributed by atoms with Gasteiger partial charge in [0.15, 0.2) is 0 Å². The second-order valence-corrected chi connectivity index (χ2v) is 8.04. The molecule has 3 nitrogen and oxygen atoms in total. The van der Waals surface area contributed by atoms with Gasteiger partial charge in [-0.3, -0.25) is 0 Å². The smallest absolute Gasteiger partial charge is 0.207 e. The average molecular weight is 316 g/mol. The Kier molecular flexibility index (Phi) is 5.73. The van der Waals surface area contributed by atoms with E-state index in [1.165, 1.54) is 6.07 Å². The molecule has 1 aromatic heterocycles. The van der Waals surface area contributed by atoms with Crippen molar-refractivity contribution in [2.45, 2.75) is 30.5 Å². The lowest BCUT2D eigenvalue weighted by molar-refractivity contribution is 0.439. The van der Waals surface area contributed by atoms with Gasteiger partial charge < -0.3 is 0 Å². The zero-order valence-electron chi connectivity index (χ0n) is 9.61. The van der Waals surface area contributed by atoms with Crippen molar-refractivity contribution in [1.82, 2.24) is 4.72 Å². The van der Waals surface area contributed by atoms with Crippen molar-refractivity contribution in [3.63, 3.8) is 0 Å². The van der Waals surface area contributed by atoms with Gasteiger partial charge in [-0.15, -0.1) is 22.9 Å². The van der Waals surface area contributed by atoms with E-state index in [4.69, 9.17) is 23.2 Å². The highest BCUT2D eigenvalue weighted by Gasteiger charge is 2.23. The predicted molar refractivity (Wildman–Crippen MR) is 73.6 cm³/mol. The summed E-state index contributed by atoms with van der Waals surface area (Å²) in [5.74, 6) is 0.621. The second-order valence-electron chi connectivity index (χ2n) is 4.01. The number of hydrogen-bond donors (Lipinski definition) is 1. The van der Waals surface area contributed by atoms with E-state index in [9.17, 15) is 8.42 Å². The van der Waals surface area contributed by atoms with Gasteiger partial charge >= 0.3 is 0 Å². The van der Waals surface area contributed by atoms with Gasteiger partial charge in [0.25, 0.3) is 0 Å². The Balaban J connectivity index is 2.84. The molecule has 0 radical (unpaired) electrons. The zero-order chi connectivity index (χ0) is 13.1. The normalized spacial score (nSPS) is 14.2. The van der Waals surface area contributed by atoms with Crippen LogP contribution >= 0.6 is 34.5 Å². The van der Waals surface area contributed by atoms with E-state index >= 15 is 0 Å². The number of sulfonamides is 1. The van der Waals surface area contributed by atoms with Crippen LogP contribution in [-0.2, 0) is 10.0 Å². The van der Waals surface area contributed by atoms with Crippen LogP contribution < -0.4 is 4.72 Å². The zero-order valence-corrected chi connectivity index (χ0v) is 12.8. The summed E-state index contributed by atoms with van der Waals surface area (Å²) in [6.07, 6.45) is 0.609. The van der Waals surface area contributed by atoms with E-state index in [1.807, 2.05) is 13.8 Å². The highest BCUT2D eigenvalue weighted by atomic mass is 35.5. The Morgan fingerprint density at radius 1 is 1.41 bits per heavy atom. The van der Waals surface area contributed by atoms with Crippen LogP contribution in [0, 0.1) is 5.92 Å². The summed E-state index contributed by atoms with van der Waals surface area (Å²) in [5.41, 5.74) is 0. The molecule has 1 atom stereocenters. The molecule has 1 N–H and O–H groups in total. The molecule has 1 rings (SSSR count). The molecular formula is C10H15Cl2NO2S2. The first kappa shape index (κ1) is 15.2. The third-order valence-electron chi connectivity index (χ3n) is 2.34. The fourth-order valence-electron chi connectivity index (χ4n) is 1.35. The average Bonchev–Trinajstić information content (AvgIpc) is 2.64. The fourth-order valence-corrected chi connectivity index (χ4v) is 4.50. The maximum atomic E-state index is 12.0. The summed E-state index contributed by atoms with van der Waals surface area (Å²) in [5, 5.41) is 0. The minimum Gasteiger partial charge on any atom is -0.207 e. The predicted octanol–water partition coefficient (Wildman–Crippen LogP) is 3.33.